The number of aryl methyl sites for hydroxylation is 3. The van der Waals surface area contributed by atoms with Crippen LogP contribution in [0, 0.1) is 18.8 Å². The molecule has 2 aromatic heterocycles. The molecule has 0 amide bonds. The molecule has 1 aliphatic heterocycles. The van der Waals surface area contributed by atoms with Gasteiger partial charge in [0.15, 0.2) is 0 Å². The lowest BCUT2D eigenvalue weighted by molar-refractivity contribution is -0.146. The number of thiophene rings is 1. The third-order valence-electron chi connectivity index (χ3n) is 7.31. The predicted octanol–water partition coefficient (Wildman–Crippen LogP) is 5.98. The quantitative estimate of drug-likeness (QED) is 0.342. The van der Waals surface area contributed by atoms with Crippen molar-refractivity contribution in [3.8, 4) is 5.75 Å². The van der Waals surface area contributed by atoms with Gasteiger partial charge < -0.3 is 14.7 Å². The van der Waals surface area contributed by atoms with Crippen LogP contribution in [0.2, 0.25) is 0 Å². The maximum Gasteiger partial charge on any atom is 0.308 e. The van der Waals surface area contributed by atoms with E-state index in [2.05, 4.69) is 40.4 Å². The number of methoxy groups -OCH3 is 1. The standard InChI is InChI=1S/C28H36N2O3S/c1-20-13-17-34-27(20)8-3-4-15-30-16-12-22(25(19-30)28(31)32)7-5-6-21-11-14-29-26-10-9-23(33-2)18-24(21)26/h9-11,13-14,17-18,22,25H,3-8,12,15-16,19H2,1-2H3,(H,31,32)/t22-,25+/m1/s1. The second-order valence-corrected chi connectivity index (χ2v) is 10.5. The van der Waals surface area contributed by atoms with E-state index in [1.165, 1.54) is 22.4 Å². The summed E-state index contributed by atoms with van der Waals surface area (Å²) in [6.07, 6.45) is 9.16. The van der Waals surface area contributed by atoms with Crippen LogP contribution in [0.25, 0.3) is 10.9 Å². The number of benzene rings is 1. The minimum atomic E-state index is -0.636. The summed E-state index contributed by atoms with van der Waals surface area (Å²) in [5.41, 5.74) is 3.63. The van der Waals surface area contributed by atoms with Crippen molar-refractivity contribution in [3.63, 3.8) is 0 Å². The summed E-state index contributed by atoms with van der Waals surface area (Å²) in [7, 11) is 1.68. The van der Waals surface area contributed by atoms with Crippen molar-refractivity contribution in [3.05, 3.63) is 57.9 Å². The largest absolute Gasteiger partial charge is 0.497 e. The fourth-order valence-electron chi connectivity index (χ4n) is 5.26. The lowest BCUT2D eigenvalue weighted by atomic mass is 9.81. The van der Waals surface area contributed by atoms with Crippen LogP contribution < -0.4 is 4.74 Å². The maximum absolute atomic E-state index is 12.1. The monoisotopic (exact) mass is 480 g/mol. The van der Waals surface area contributed by atoms with E-state index in [9.17, 15) is 9.90 Å². The molecule has 3 aromatic rings. The van der Waals surface area contributed by atoms with Crippen LogP contribution in [-0.4, -0.2) is 47.7 Å². The first-order valence-electron chi connectivity index (χ1n) is 12.4. The molecule has 5 nitrogen and oxygen atoms in total. The highest BCUT2D eigenvalue weighted by molar-refractivity contribution is 7.10. The molecule has 6 heteroatoms. The zero-order valence-electron chi connectivity index (χ0n) is 20.3. The second kappa shape index (κ2) is 11.8. The molecule has 2 atom stereocenters. The third-order valence-corrected chi connectivity index (χ3v) is 8.40. The highest BCUT2D eigenvalue weighted by Crippen LogP contribution is 2.30. The number of unbranched alkanes of at least 4 members (excludes halogenated alkanes) is 1. The molecule has 1 aliphatic rings. The second-order valence-electron chi connectivity index (χ2n) is 9.52. The van der Waals surface area contributed by atoms with Crippen molar-refractivity contribution in [2.75, 3.05) is 26.7 Å². The maximum atomic E-state index is 12.1. The van der Waals surface area contributed by atoms with Crippen LogP contribution in [0.15, 0.2) is 41.9 Å². The molecule has 0 bridgehead atoms. The van der Waals surface area contributed by atoms with Crippen LogP contribution in [0.5, 0.6) is 5.75 Å². The summed E-state index contributed by atoms with van der Waals surface area (Å²) in [6, 6.07) is 10.3. The summed E-state index contributed by atoms with van der Waals surface area (Å²) < 4.78 is 5.39. The Hall–Kier alpha value is -2.44. The molecule has 182 valence electrons. The summed E-state index contributed by atoms with van der Waals surface area (Å²) in [6.45, 7) is 4.89. The number of aromatic nitrogens is 1. The fourth-order valence-corrected chi connectivity index (χ4v) is 6.21. The van der Waals surface area contributed by atoms with E-state index in [4.69, 9.17) is 4.74 Å². The van der Waals surface area contributed by atoms with E-state index in [0.717, 1.165) is 68.3 Å². The molecular weight excluding hydrogens is 444 g/mol. The van der Waals surface area contributed by atoms with E-state index in [1.54, 1.807) is 7.11 Å². The molecule has 0 spiro atoms. The van der Waals surface area contributed by atoms with Crippen LogP contribution in [-0.2, 0) is 17.6 Å². The lowest BCUT2D eigenvalue weighted by Crippen LogP contribution is -2.44. The van der Waals surface area contributed by atoms with Gasteiger partial charge in [-0.15, -0.1) is 11.3 Å². The first kappa shape index (κ1) is 24.7. The predicted molar refractivity (Wildman–Crippen MR) is 139 cm³/mol. The van der Waals surface area contributed by atoms with Crippen molar-refractivity contribution < 1.29 is 14.6 Å². The number of carboxylic acid groups (broad SMARTS) is 1. The Bertz CT molecular complexity index is 1100. The summed E-state index contributed by atoms with van der Waals surface area (Å²) in [4.78, 5) is 20.4. The minimum Gasteiger partial charge on any atom is -0.497 e. The van der Waals surface area contributed by atoms with Crippen LogP contribution in [0.1, 0.15) is 48.1 Å². The number of aliphatic carboxylic acids is 1. The highest BCUT2D eigenvalue weighted by Gasteiger charge is 2.33. The number of pyridine rings is 1. The van der Waals surface area contributed by atoms with Gasteiger partial charge in [0.05, 0.1) is 18.5 Å². The van der Waals surface area contributed by atoms with Gasteiger partial charge in [-0.3, -0.25) is 9.78 Å². The van der Waals surface area contributed by atoms with Gasteiger partial charge in [0, 0.05) is 23.0 Å². The van der Waals surface area contributed by atoms with E-state index < -0.39 is 5.97 Å². The molecule has 1 N–H and O–H groups in total. The van der Waals surface area contributed by atoms with Gasteiger partial charge in [-0.25, -0.2) is 0 Å². The average Bonchev–Trinajstić information content (AvgIpc) is 3.26. The number of hydrogen-bond acceptors (Lipinski definition) is 5. The number of fused-ring (bicyclic) bond motifs is 1. The normalized spacial score (nSPS) is 18.9. The Labute approximate surface area is 206 Å². The molecule has 0 unspecified atom stereocenters. The molecule has 1 saturated heterocycles. The molecule has 0 aliphatic carbocycles. The van der Waals surface area contributed by atoms with Crippen LogP contribution >= 0.6 is 11.3 Å². The van der Waals surface area contributed by atoms with Crippen molar-refractivity contribution >= 4 is 28.2 Å². The molecule has 4 rings (SSSR count). The smallest absolute Gasteiger partial charge is 0.308 e. The third kappa shape index (κ3) is 6.16. The number of likely N-dealkylation sites (tertiary alicyclic amines) is 1. The van der Waals surface area contributed by atoms with Crippen LogP contribution in [0.3, 0.4) is 0 Å². The van der Waals surface area contributed by atoms with E-state index in [1.807, 2.05) is 29.7 Å². The van der Waals surface area contributed by atoms with Crippen molar-refractivity contribution in [1.82, 2.24) is 9.88 Å². The average molecular weight is 481 g/mol. The van der Waals surface area contributed by atoms with Crippen molar-refractivity contribution in [2.24, 2.45) is 11.8 Å². The number of piperidine rings is 1. The summed E-state index contributed by atoms with van der Waals surface area (Å²) in [5.74, 6) is 0.196. The fraction of sp³-hybridized carbons (Fsp3) is 0.500. The van der Waals surface area contributed by atoms with Gasteiger partial charge >= 0.3 is 5.97 Å². The lowest BCUT2D eigenvalue weighted by Gasteiger charge is -2.36. The highest BCUT2D eigenvalue weighted by atomic mass is 32.1. The molecule has 0 saturated carbocycles. The van der Waals surface area contributed by atoms with Gasteiger partial charge in [0.25, 0.3) is 0 Å². The van der Waals surface area contributed by atoms with E-state index >= 15 is 0 Å². The van der Waals surface area contributed by atoms with Gasteiger partial charge in [-0.05, 0) is 118 Å². The van der Waals surface area contributed by atoms with Gasteiger partial charge in [0.2, 0.25) is 0 Å². The van der Waals surface area contributed by atoms with Crippen LogP contribution in [0.4, 0.5) is 0 Å². The zero-order chi connectivity index (χ0) is 23.9. The molecule has 3 heterocycles. The number of hydrogen-bond donors (Lipinski definition) is 1. The number of nitrogens with zero attached hydrogens (tertiary/aromatic N) is 2. The van der Waals surface area contributed by atoms with Gasteiger partial charge in [-0.1, -0.05) is 0 Å². The SMILES string of the molecule is COc1ccc2nccc(CCC[C@@H]3CCN(CCCCc4sccc4C)C[C@@H]3C(=O)O)c2c1. The Balaban J connectivity index is 1.26. The number of carbonyl (C=O) groups is 1. The molecule has 0 radical (unpaired) electrons. The van der Waals surface area contributed by atoms with E-state index in [-0.39, 0.29) is 11.8 Å². The topological polar surface area (TPSA) is 62.7 Å². The van der Waals surface area contributed by atoms with E-state index in [0.29, 0.717) is 6.54 Å². The molecule has 1 fully saturated rings. The van der Waals surface area contributed by atoms with Gasteiger partial charge in [-0.2, -0.15) is 0 Å². The first-order valence-corrected chi connectivity index (χ1v) is 13.3. The molecule has 1 aromatic carbocycles. The Morgan fingerprint density at radius 3 is 2.85 bits per heavy atom. The Kier molecular flexibility index (Phi) is 8.57. The molecular formula is C28H36N2O3S. The Morgan fingerprint density at radius 1 is 1.21 bits per heavy atom. The first-order chi connectivity index (χ1) is 16.5. The van der Waals surface area contributed by atoms with Crippen molar-refractivity contribution in [2.45, 2.75) is 51.9 Å². The molecule has 34 heavy (non-hydrogen) atoms. The number of carboxylic acids is 1. The minimum absolute atomic E-state index is 0.255. The van der Waals surface area contributed by atoms with Gasteiger partial charge in [0.1, 0.15) is 5.75 Å². The summed E-state index contributed by atoms with van der Waals surface area (Å²) in [5, 5.41) is 13.2. The number of ether oxygens (including phenoxy) is 1. The number of rotatable bonds is 11. The van der Waals surface area contributed by atoms with Crippen molar-refractivity contribution in [1.29, 1.82) is 0 Å². The zero-order valence-corrected chi connectivity index (χ0v) is 21.2. The Morgan fingerprint density at radius 2 is 2.09 bits per heavy atom. The summed E-state index contributed by atoms with van der Waals surface area (Å²) >= 11 is 1.85.